The van der Waals surface area contributed by atoms with Crippen LogP contribution in [0.5, 0.6) is 0 Å². The molecule has 1 aromatic rings. The predicted molar refractivity (Wildman–Crippen MR) is 62.5 cm³/mol. The zero-order chi connectivity index (χ0) is 10.8. The molecule has 1 unspecified atom stereocenters. The van der Waals surface area contributed by atoms with Crippen LogP contribution in [-0.4, -0.2) is 0 Å². The first kappa shape index (κ1) is 13.4. The van der Waals surface area contributed by atoms with Crippen LogP contribution in [0.4, 0.5) is 8.78 Å². The number of hydrogen-bond acceptors (Lipinski definition) is 1. The lowest BCUT2D eigenvalue weighted by molar-refractivity contribution is 0.439. The molecule has 1 nitrogen and oxygen atoms in total. The van der Waals surface area contributed by atoms with E-state index in [4.69, 9.17) is 5.73 Å². The van der Waals surface area contributed by atoms with E-state index < -0.39 is 11.6 Å². The molecule has 1 saturated carbocycles. The van der Waals surface area contributed by atoms with E-state index in [9.17, 15) is 8.78 Å². The lowest BCUT2D eigenvalue weighted by Gasteiger charge is -2.19. The van der Waals surface area contributed by atoms with Crippen LogP contribution in [-0.2, 0) is 0 Å². The molecular weight excluding hydrogens is 232 g/mol. The maximum absolute atomic E-state index is 13.0. The van der Waals surface area contributed by atoms with Crippen LogP contribution in [0.25, 0.3) is 0 Å². The molecular formula is C12H16ClF2N. The maximum Gasteiger partial charge on any atom is 0.159 e. The molecule has 90 valence electrons. The smallest absolute Gasteiger partial charge is 0.159 e. The van der Waals surface area contributed by atoms with Crippen molar-refractivity contribution in [1.29, 1.82) is 0 Å². The van der Waals surface area contributed by atoms with Gasteiger partial charge in [-0.15, -0.1) is 12.4 Å². The van der Waals surface area contributed by atoms with Gasteiger partial charge in [-0.2, -0.15) is 0 Å². The van der Waals surface area contributed by atoms with Gasteiger partial charge < -0.3 is 5.73 Å². The summed E-state index contributed by atoms with van der Waals surface area (Å²) < 4.78 is 25.7. The summed E-state index contributed by atoms with van der Waals surface area (Å²) in [4.78, 5) is 0. The minimum Gasteiger partial charge on any atom is -0.324 e. The zero-order valence-electron chi connectivity index (χ0n) is 8.96. The van der Waals surface area contributed by atoms with Crippen molar-refractivity contribution in [3.63, 3.8) is 0 Å². The van der Waals surface area contributed by atoms with E-state index in [-0.39, 0.29) is 18.4 Å². The van der Waals surface area contributed by atoms with Crippen molar-refractivity contribution >= 4 is 12.4 Å². The van der Waals surface area contributed by atoms with Crippen LogP contribution in [0.2, 0.25) is 0 Å². The molecule has 1 aromatic carbocycles. The molecule has 1 fully saturated rings. The molecule has 0 aliphatic heterocycles. The minimum absolute atomic E-state index is 0. The summed E-state index contributed by atoms with van der Waals surface area (Å²) in [5.74, 6) is -1.19. The van der Waals surface area contributed by atoms with Crippen molar-refractivity contribution < 1.29 is 8.78 Å². The van der Waals surface area contributed by atoms with Gasteiger partial charge in [0, 0.05) is 6.04 Å². The predicted octanol–water partition coefficient (Wildman–Crippen LogP) is 3.58. The van der Waals surface area contributed by atoms with Gasteiger partial charge in [0.1, 0.15) is 0 Å². The number of rotatable bonds is 2. The zero-order valence-corrected chi connectivity index (χ0v) is 9.77. The van der Waals surface area contributed by atoms with Gasteiger partial charge in [0.2, 0.25) is 0 Å². The SMILES string of the molecule is Cl.NC(c1ccc(F)c(F)c1)C1CCCC1. The van der Waals surface area contributed by atoms with Gasteiger partial charge in [0.05, 0.1) is 0 Å². The molecule has 1 aliphatic rings. The van der Waals surface area contributed by atoms with Crippen molar-refractivity contribution in [3.05, 3.63) is 35.4 Å². The lowest BCUT2D eigenvalue weighted by Crippen LogP contribution is -2.19. The highest BCUT2D eigenvalue weighted by atomic mass is 35.5. The van der Waals surface area contributed by atoms with Crippen LogP contribution in [0, 0.1) is 17.6 Å². The molecule has 0 amide bonds. The second-order valence-electron chi connectivity index (χ2n) is 4.24. The number of hydrogen-bond donors (Lipinski definition) is 1. The summed E-state index contributed by atoms with van der Waals surface area (Å²) in [5, 5.41) is 0. The molecule has 0 saturated heterocycles. The van der Waals surface area contributed by atoms with Crippen LogP contribution in [0.15, 0.2) is 18.2 Å². The van der Waals surface area contributed by atoms with Crippen molar-refractivity contribution in [1.82, 2.24) is 0 Å². The molecule has 0 spiro atoms. The summed E-state index contributed by atoms with van der Waals surface area (Å²) in [7, 11) is 0. The van der Waals surface area contributed by atoms with E-state index in [0.29, 0.717) is 11.5 Å². The standard InChI is InChI=1S/C12H15F2N.ClH/c13-10-6-5-9(7-11(10)14)12(15)8-3-1-2-4-8;/h5-8,12H,1-4,15H2;1H. The minimum atomic E-state index is -0.808. The van der Waals surface area contributed by atoms with E-state index in [0.717, 1.165) is 18.9 Å². The van der Waals surface area contributed by atoms with Crippen molar-refractivity contribution in [2.24, 2.45) is 11.7 Å². The first-order chi connectivity index (χ1) is 7.18. The molecule has 2 N–H and O–H groups in total. The van der Waals surface area contributed by atoms with Gasteiger partial charge in [-0.25, -0.2) is 8.78 Å². The lowest BCUT2D eigenvalue weighted by atomic mass is 9.92. The average Bonchev–Trinajstić information content (AvgIpc) is 2.74. The molecule has 16 heavy (non-hydrogen) atoms. The Morgan fingerprint density at radius 3 is 2.31 bits per heavy atom. The third kappa shape index (κ3) is 2.71. The first-order valence-electron chi connectivity index (χ1n) is 5.39. The maximum atomic E-state index is 13.0. The highest BCUT2D eigenvalue weighted by Gasteiger charge is 2.23. The summed E-state index contributed by atoms with van der Waals surface area (Å²) in [6.45, 7) is 0. The van der Waals surface area contributed by atoms with Gasteiger partial charge in [0.25, 0.3) is 0 Å². The summed E-state index contributed by atoms with van der Waals surface area (Å²) in [6, 6.07) is 3.81. The number of nitrogens with two attached hydrogens (primary N) is 1. The van der Waals surface area contributed by atoms with Crippen LogP contribution >= 0.6 is 12.4 Å². The fourth-order valence-electron chi connectivity index (χ4n) is 2.31. The fraction of sp³-hybridized carbons (Fsp3) is 0.500. The van der Waals surface area contributed by atoms with Crippen molar-refractivity contribution in [3.8, 4) is 0 Å². The highest BCUT2D eigenvalue weighted by Crippen LogP contribution is 2.34. The normalized spacial score (nSPS) is 18.2. The Morgan fingerprint density at radius 1 is 1.12 bits per heavy atom. The van der Waals surface area contributed by atoms with Crippen LogP contribution < -0.4 is 5.73 Å². The Hall–Kier alpha value is -0.670. The third-order valence-corrected chi connectivity index (χ3v) is 3.24. The van der Waals surface area contributed by atoms with Crippen LogP contribution in [0.3, 0.4) is 0 Å². The van der Waals surface area contributed by atoms with Gasteiger partial charge in [0.15, 0.2) is 11.6 Å². The van der Waals surface area contributed by atoms with E-state index in [1.165, 1.54) is 18.9 Å². The first-order valence-corrected chi connectivity index (χ1v) is 5.39. The molecule has 1 atom stereocenters. The third-order valence-electron chi connectivity index (χ3n) is 3.24. The second kappa shape index (κ2) is 5.60. The Morgan fingerprint density at radius 2 is 1.75 bits per heavy atom. The van der Waals surface area contributed by atoms with Gasteiger partial charge in [-0.3, -0.25) is 0 Å². The molecule has 0 radical (unpaired) electrons. The summed E-state index contributed by atoms with van der Waals surface area (Å²) in [6.07, 6.45) is 4.59. The second-order valence-corrected chi connectivity index (χ2v) is 4.24. The van der Waals surface area contributed by atoms with E-state index >= 15 is 0 Å². The van der Waals surface area contributed by atoms with Gasteiger partial charge in [-0.1, -0.05) is 18.9 Å². The fourth-order valence-corrected chi connectivity index (χ4v) is 2.31. The van der Waals surface area contributed by atoms with Crippen molar-refractivity contribution in [2.75, 3.05) is 0 Å². The Bertz CT molecular complexity index is 351. The molecule has 0 bridgehead atoms. The molecule has 4 heteroatoms. The molecule has 0 aromatic heterocycles. The molecule has 1 aliphatic carbocycles. The number of halogens is 3. The Kier molecular flexibility index (Phi) is 4.69. The average molecular weight is 248 g/mol. The van der Waals surface area contributed by atoms with Gasteiger partial charge >= 0.3 is 0 Å². The monoisotopic (exact) mass is 247 g/mol. The highest BCUT2D eigenvalue weighted by molar-refractivity contribution is 5.85. The molecule has 2 rings (SSSR count). The topological polar surface area (TPSA) is 26.0 Å². The number of benzene rings is 1. The van der Waals surface area contributed by atoms with Gasteiger partial charge in [-0.05, 0) is 36.5 Å². The van der Waals surface area contributed by atoms with Crippen LogP contribution in [0.1, 0.15) is 37.3 Å². The Balaban J connectivity index is 0.00000128. The molecule has 0 heterocycles. The van der Waals surface area contributed by atoms with Crippen molar-refractivity contribution in [2.45, 2.75) is 31.7 Å². The summed E-state index contributed by atoms with van der Waals surface area (Å²) in [5.41, 5.74) is 6.74. The van der Waals surface area contributed by atoms with E-state index in [1.807, 2.05) is 0 Å². The largest absolute Gasteiger partial charge is 0.324 e. The quantitative estimate of drug-likeness (QED) is 0.850. The summed E-state index contributed by atoms with van der Waals surface area (Å²) >= 11 is 0. The van der Waals surface area contributed by atoms with E-state index in [1.54, 1.807) is 6.07 Å². The Labute approximate surface area is 100 Å². The van der Waals surface area contributed by atoms with E-state index in [2.05, 4.69) is 0 Å².